The van der Waals surface area contributed by atoms with Crippen molar-refractivity contribution in [1.82, 2.24) is 5.32 Å². The maximum Gasteiger partial charge on any atom is 0.0779 e. The molecule has 3 atom stereocenters. The quantitative estimate of drug-likeness (QED) is 0.651. The van der Waals surface area contributed by atoms with Gasteiger partial charge in [0.25, 0.3) is 0 Å². The van der Waals surface area contributed by atoms with Crippen molar-refractivity contribution < 1.29 is 4.74 Å². The summed E-state index contributed by atoms with van der Waals surface area (Å²) in [7, 11) is 0. The van der Waals surface area contributed by atoms with E-state index in [4.69, 9.17) is 4.74 Å². The van der Waals surface area contributed by atoms with E-state index in [0.717, 1.165) is 19.4 Å². The molecule has 1 saturated heterocycles. The lowest BCUT2D eigenvalue weighted by atomic mass is 10.0. The SMILES string of the molecule is CCC1(C)CNC(C)CC(C)O1. The summed E-state index contributed by atoms with van der Waals surface area (Å²) in [5, 5.41) is 3.49. The molecule has 0 aromatic rings. The zero-order valence-corrected chi connectivity index (χ0v) is 8.68. The molecule has 1 aliphatic heterocycles. The van der Waals surface area contributed by atoms with Crippen molar-refractivity contribution in [3.63, 3.8) is 0 Å². The second-order valence-electron chi connectivity index (χ2n) is 4.25. The maximum atomic E-state index is 5.96. The molecule has 0 spiro atoms. The van der Waals surface area contributed by atoms with E-state index in [9.17, 15) is 0 Å². The normalized spacial score (nSPS) is 44.0. The smallest absolute Gasteiger partial charge is 0.0779 e. The molecule has 0 bridgehead atoms. The fourth-order valence-electron chi connectivity index (χ4n) is 1.76. The van der Waals surface area contributed by atoms with Gasteiger partial charge in [-0.15, -0.1) is 0 Å². The molecule has 12 heavy (non-hydrogen) atoms. The topological polar surface area (TPSA) is 21.3 Å². The van der Waals surface area contributed by atoms with Gasteiger partial charge in [0.2, 0.25) is 0 Å². The zero-order chi connectivity index (χ0) is 9.19. The lowest BCUT2D eigenvalue weighted by Crippen LogP contribution is -2.40. The molecule has 0 radical (unpaired) electrons. The van der Waals surface area contributed by atoms with Gasteiger partial charge in [-0.05, 0) is 33.6 Å². The molecule has 0 amide bonds. The van der Waals surface area contributed by atoms with Crippen LogP contribution in [0.2, 0.25) is 0 Å². The van der Waals surface area contributed by atoms with Gasteiger partial charge in [0.1, 0.15) is 0 Å². The van der Waals surface area contributed by atoms with Gasteiger partial charge in [-0.1, -0.05) is 6.92 Å². The van der Waals surface area contributed by atoms with E-state index >= 15 is 0 Å². The predicted molar refractivity (Wildman–Crippen MR) is 51.3 cm³/mol. The molecule has 2 nitrogen and oxygen atoms in total. The Balaban J connectivity index is 2.57. The van der Waals surface area contributed by atoms with Crippen LogP contribution in [0.5, 0.6) is 0 Å². The summed E-state index contributed by atoms with van der Waals surface area (Å²) in [5.74, 6) is 0. The van der Waals surface area contributed by atoms with Crippen LogP contribution in [0, 0.1) is 0 Å². The molecule has 1 rings (SSSR count). The van der Waals surface area contributed by atoms with Gasteiger partial charge in [-0.3, -0.25) is 0 Å². The number of rotatable bonds is 1. The summed E-state index contributed by atoms with van der Waals surface area (Å²) in [5.41, 5.74) is 0.0458. The Hall–Kier alpha value is -0.0800. The molecule has 2 heteroatoms. The van der Waals surface area contributed by atoms with Crippen LogP contribution in [0.25, 0.3) is 0 Å². The van der Waals surface area contributed by atoms with Crippen LogP contribution in [0.15, 0.2) is 0 Å². The van der Waals surface area contributed by atoms with Crippen LogP contribution in [-0.2, 0) is 4.74 Å². The fraction of sp³-hybridized carbons (Fsp3) is 1.00. The van der Waals surface area contributed by atoms with Gasteiger partial charge in [-0.25, -0.2) is 0 Å². The van der Waals surface area contributed by atoms with Crippen LogP contribution in [0.1, 0.15) is 40.5 Å². The van der Waals surface area contributed by atoms with E-state index in [0.29, 0.717) is 12.1 Å². The first-order chi connectivity index (χ1) is 5.56. The number of nitrogens with one attached hydrogen (secondary N) is 1. The third-order valence-electron chi connectivity index (χ3n) is 2.74. The number of hydrogen-bond donors (Lipinski definition) is 1. The average Bonchev–Trinajstić information content (AvgIpc) is 2.11. The molecule has 0 saturated carbocycles. The van der Waals surface area contributed by atoms with E-state index in [1.165, 1.54) is 0 Å². The van der Waals surface area contributed by atoms with Gasteiger partial charge in [-0.2, -0.15) is 0 Å². The monoisotopic (exact) mass is 171 g/mol. The van der Waals surface area contributed by atoms with E-state index in [-0.39, 0.29) is 5.60 Å². The average molecular weight is 171 g/mol. The Kier molecular flexibility index (Phi) is 3.13. The van der Waals surface area contributed by atoms with Crippen LogP contribution < -0.4 is 5.32 Å². The summed E-state index contributed by atoms with van der Waals surface area (Å²) >= 11 is 0. The van der Waals surface area contributed by atoms with Crippen LogP contribution >= 0.6 is 0 Å². The summed E-state index contributed by atoms with van der Waals surface area (Å²) in [4.78, 5) is 0. The van der Waals surface area contributed by atoms with Crippen molar-refractivity contribution in [2.45, 2.75) is 58.3 Å². The molecule has 1 aliphatic rings. The lowest BCUT2D eigenvalue weighted by Gasteiger charge is -2.29. The van der Waals surface area contributed by atoms with Crippen molar-refractivity contribution in [2.75, 3.05) is 6.54 Å². The van der Waals surface area contributed by atoms with Crippen molar-refractivity contribution in [3.05, 3.63) is 0 Å². The van der Waals surface area contributed by atoms with Gasteiger partial charge in [0.15, 0.2) is 0 Å². The minimum Gasteiger partial charge on any atom is -0.371 e. The number of hydrogen-bond acceptors (Lipinski definition) is 2. The molecule has 0 aliphatic carbocycles. The summed E-state index contributed by atoms with van der Waals surface area (Å²) in [6.07, 6.45) is 2.59. The first-order valence-corrected chi connectivity index (χ1v) is 4.97. The zero-order valence-electron chi connectivity index (χ0n) is 8.68. The third-order valence-corrected chi connectivity index (χ3v) is 2.74. The van der Waals surface area contributed by atoms with Crippen molar-refractivity contribution >= 4 is 0 Å². The highest BCUT2D eigenvalue weighted by atomic mass is 16.5. The lowest BCUT2D eigenvalue weighted by molar-refractivity contribution is -0.0660. The summed E-state index contributed by atoms with van der Waals surface area (Å²) in [6.45, 7) is 9.74. The van der Waals surface area contributed by atoms with Gasteiger partial charge < -0.3 is 10.1 Å². The number of ether oxygens (including phenoxy) is 1. The Morgan fingerprint density at radius 3 is 2.75 bits per heavy atom. The first-order valence-electron chi connectivity index (χ1n) is 4.97. The van der Waals surface area contributed by atoms with E-state index in [1.807, 2.05) is 0 Å². The Morgan fingerprint density at radius 2 is 2.17 bits per heavy atom. The van der Waals surface area contributed by atoms with Crippen LogP contribution in [0.4, 0.5) is 0 Å². The standard InChI is InChI=1S/C10H21NO/c1-5-10(4)7-11-8(2)6-9(3)12-10/h8-9,11H,5-7H2,1-4H3. The molecule has 1 N–H and O–H groups in total. The second kappa shape index (κ2) is 3.75. The highest BCUT2D eigenvalue weighted by molar-refractivity contribution is 4.83. The fourth-order valence-corrected chi connectivity index (χ4v) is 1.76. The van der Waals surface area contributed by atoms with Crippen molar-refractivity contribution in [3.8, 4) is 0 Å². The van der Waals surface area contributed by atoms with Crippen LogP contribution in [-0.4, -0.2) is 24.3 Å². The highest BCUT2D eigenvalue weighted by Crippen LogP contribution is 2.21. The van der Waals surface area contributed by atoms with E-state index in [2.05, 4.69) is 33.0 Å². The Morgan fingerprint density at radius 1 is 1.50 bits per heavy atom. The second-order valence-corrected chi connectivity index (χ2v) is 4.25. The van der Waals surface area contributed by atoms with E-state index in [1.54, 1.807) is 0 Å². The van der Waals surface area contributed by atoms with Gasteiger partial charge in [0, 0.05) is 12.6 Å². The Labute approximate surface area is 75.7 Å². The largest absolute Gasteiger partial charge is 0.371 e. The van der Waals surface area contributed by atoms with Crippen molar-refractivity contribution in [2.24, 2.45) is 0 Å². The highest BCUT2D eigenvalue weighted by Gasteiger charge is 2.29. The molecule has 1 heterocycles. The van der Waals surface area contributed by atoms with Gasteiger partial charge >= 0.3 is 0 Å². The van der Waals surface area contributed by atoms with Crippen molar-refractivity contribution in [1.29, 1.82) is 0 Å². The molecule has 3 unspecified atom stereocenters. The Bertz CT molecular complexity index is 149. The molecular formula is C10H21NO. The molecule has 0 aromatic heterocycles. The maximum absolute atomic E-state index is 5.96. The van der Waals surface area contributed by atoms with Crippen LogP contribution in [0.3, 0.4) is 0 Å². The first kappa shape index (κ1) is 10.0. The molecule has 72 valence electrons. The third kappa shape index (κ3) is 2.46. The predicted octanol–water partition coefficient (Wildman–Crippen LogP) is 1.94. The molecule has 1 fully saturated rings. The summed E-state index contributed by atoms with van der Waals surface area (Å²) in [6, 6.07) is 0.591. The minimum absolute atomic E-state index is 0.0458. The molecular weight excluding hydrogens is 150 g/mol. The summed E-state index contributed by atoms with van der Waals surface area (Å²) < 4.78 is 5.96. The minimum atomic E-state index is 0.0458. The molecule has 0 aromatic carbocycles. The van der Waals surface area contributed by atoms with E-state index < -0.39 is 0 Å². The van der Waals surface area contributed by atoms with Gasteiger partial charge in [0.05, 0.1) is 11.7 Å².